The van der Waals surface area contributed by atoms with Crippen LogP contribution < -0.4 is 0 Å². The molecule has 0 nitrogen and oxygen atoms in total. The first-order valence-electron chi connectivity index (χ1n) is 2.57. The monoisotopic (exact) mass is 103 g/mol. The SMILES string of the molecule is C=C=C1[C]=CC=CC1. The van der Waals surface area contributed by atoms with Crippen LogP contribution in [0.5, 0.6) is 0 Å². The second-order valence-electron chi connectivity index (χ2n) is 1.60. The van der Waals surface area contributed by atoms with E-state index < -0.39 is 0 Å². The Hall–Kier alpha value is -1.00. The van der Waals surface area contributed by atoms with Crippen molar-refractivity contribution in [2.24, 2.45) is 0 Å². The maximum Gasteiger partial charge on any atom is 0.00499 e. The second-order valence-corrected chi connectivity index (χ2v) is 1.60. The van der Waals surface area contributed by atoms with E-state index in [4.69, 9.17) is 0 Å². The highest BCUT2D eigenvalue weighted by molar-refractivity contribution is 5.23. The van der Waals surface area contributed by atoms with Crippen LogP contribution in [0.3, 0.4) is 0 Å². The van der Waals surface area contributed by atoms with Crippen LogP contribution in [0.15, 0.2) is 36.1 Å². The summed E-state index contributed by atoms with van der Waals surface area (Å²) in [5.41, 5.74) is 3.83. The summed E-state index contributed by atoms with van der Waals surface area (Å²) < 4.78 is 0. The van der Waals surface area contributed by atoms with E-state index >= 15 is 0 Å². The van der Waals surface area contributed by atoms with Gasteiger partial charge in [0.15, 0.2) is 0 Å². The van der Waals surface area contributed by atoms with Crippen LogP contribution in [0.1, 0.15) is 6.42 Å². The smallest absolute Gasteiger partial charge is 0.00499 e. The molecule has 0 N–H and O–H groups in total. The second kappa shape index (κ2) is 2.34. The van der Waals surface area contributed by atoms with Gasteiger partial charge in [0.25, 0.3) is 0 Å². The van der Waals surface area contributed by atoms with E-state index in [0.717, 1.165) is 12.0 Å². The molecule has 0 aliphatic heterocycles. The molecule has 1 radical (unpaired) electrons. The lowest BCUT2D eigenvalue weighted by Gasteiger charge is -1.93. The van der Waals surface area contributed by atoms with Gasteiger partial charge in [-0.15, -0.1) is 5.73 Å². The summed E-state index contributed by atoms with van der Waals surface area (Å²) >= 11 is 0. The number of rotatable bonds is 0. The molecular formula is C8H7. The first-order chi connectivity index (χ1) is 3.93. The molecule has 0 unspecified atom stereocenters. The van der Waals surface area contributed by atoms with Gasteiger partial charge in [0.1, 0.15) is 0 Å². The van der Waals surface area contributed by atoms with E-state index in [9.17, 15) is 0 Å². The Morgan fingerprint density at radius 3 is 3.00 bits per heavy atom. The Balaban J connectivity index is 2.80. The summed E-state index contributed by atoms with van der Waals surface area (Å²) in [5, 5.41) is 0. The maximum absolute atomic E-state index is 3.51. The molecule has 0 saturated heterocycles. The predicted octanol–water partition coefficient (Wildman–Crippen LogP) is 2.02. The quantitative estimate of drug-likeness (QED) is 0.411. The average molecular weight is 103 g/mol. The molecule has 0 spiro atoms. The molecule has 39 valence electrons. The molecule has 0 aromatic rings. The van der Waals surface area contributed by atoms with Crippen LogP contribution in [0.2, 0.25) is 0 Å². The van der Waals surface area contributed by atoms with Crippen molar-refractivity contribution < 1.29 is 0 Å². The molecule has 0 fully saturated rings. The minimum absolute atomic E-state index is 0.931. The van der Waals surface area contributed by atoms with Crippen molar-refractivity contribution in [2.45, 2.75) is 6.42 Å². The van der Waals surface area contributed by atoms with E-state index in [2.05, 4.69) is 24.5 Å². The molecule has 1 rings (SSSR count). The van der Waals surface area contributed by atoms with Crippen LogP contribution in [-0.4, -0.2) is 0 Å². The summed E-state index contributed by atoms with van der Waals surface area (Å²) in [7, 11) is 0. The molecule has 0 atom stereocenters. The van der Waals surface area contributed by atoms with Gasteiger partial charge < -0.3 is 0 Å². The molecule has 0 saturated carbocycles. The normalized spacial score (nSPS) is 16.2. The fourth-order valence-electron chi connectivity index (χ4n) is 0.585. The first kappa shape index (κ1) is 5.14. The van der Waals surface area contributed by atoms with Gasteiger partial charge in [0.2, 0.25) is 0 Å². The molecule has 8 heavy (non-hydrogen) atoms. The van der Waals surface area contributed by atoms with Gasteiger partial charge in [0.05, 0.1) is 0 Å². The molecule has 0 bridgehead atoms. The fraction of sp³-hybridized carbons (Fsp3) is 0.125. The molecule has 0 heteroatoms. The third kappa shape index (κ3) is 0.988. The van der Waals surface area contributed by atoms with Crippen LogP contribution in [-0.2, 0) is 0 Å². The zero-order valence-corrected chi connectivity index (χ0v) is 4.65. The number of hydrogen-bond donors (Lipinski definition) is 0. The van der Waals surface area contributed by atoms with Crippen molar-refractivity contribution in [3.63, 3.8) is 0 Å². The van der Waals surface area contributed by atoms with Crippen LogP contribution in [0.4, 0.5) is 0 Å². The van der Waals surface area contributed by atoms with E-state index in [-0.39, 0.29) is 0 Å². The van der Waals surface area contributed by atoms with E-state index in [0.29, 0.717) is 0 Å². The third-order valence-corrected chi connectivity index (χ3v) is 1.03. The van der Waals surface area contributed by atoms with E-state index in [1.807, 2.05) is 12.2 Å². The zero-order valence-electron chi connectivity index (χ0n) is 4.65. The Kier molecular flexibility index (Phi) is 1.51. The summed E-state index contributed by atoms with van der Waals surface area (Å²) in [4.78, 5) is 0. The minimum atomic E-state index is 0.931. The fourth-order valence-corrected chi connectivity index (χ4v) is 0.585. The first-order valence-corrected chi connectivity index (χ1v) is 2.57. The summed E-state index contributed by atoms with van der Waals surface area (Å²) in [6.45, 7) is 3.51. The van der Waals surface area contributed by atoms with Crippen LogP contribution in [0, 0.1) is 6.08 Å². The lowest BCUT2D eigenvalue weighted by molar-refractivity contribution is 1.25. The van der Waals surface area contributed by atoms with Crippen molar-refractivity contribution in [3.05, 3.63) is 42.2 Å². The van der Waals surface area contributed by atoms with Crippen molar-refractivity contribution in [1.29, 1.82) is 0 Å². The van der Waals surface area contributed by atoms with Gasteiger partial charge in [-0.3, -0.25) is 0 Å². The van der Waals surface area contributed by atoms with Gasteiger partial charge >= 0.3 is 0 Å². The molecular weight excluding hydrogens is 96.1 g/mol. The minimum Gasteiger partial charge on any atom is -0.124 e. The lowest BCUT2D eigenvalue weighted by Crippen LogP contribution is -1.76. The Morgan fingerprint density at radius 2 is 2.62 bits per heavy atom. The zero-order chi connectivity index (χ0) is 5.82. The highest BCUT2D eigenvalue weighted by Gasteiger charge is 1.88. The van der Waals surface area contributed by atoms with Crippen molar-refractivity contribution in [1.82, 2.24) is 0 Å². The highest BCUT2D eigenvalue weighted by atomic mass is 13.9. The molecule has 1 aliphatic rings. The molecule has 0 aromatic carbocycles. The highest BCUT2D eigenvalue weighted by Crippen LogP contribution is 2.05. The number of allylic oxidation sites excluding steroid dienone is 5. The topological polar surface area (TPSA) is 0 Å². The van der Waals surface area contributed by atoms with Gasteiger partial charge in [-0.05, 0) is 12.5 Å². The van der Waals surface area contributed by atoms with Crippen molar-refractivity contribution >= 4 is 0 Å². The maximum atomic E-state index is 3.51. The van der Waals surface area contributed by atoms with E-state index in [1.165, 1.54) is 0 Å². The lowest BCUT2D eigenvalue weighted by atomic mass is 10.1. The summed E-state index contributed by atoms with van der Waals surface area (Å²) in [6, 6.07) is 0. The summed E-state index contributed by atoms with van der Waals surface area (Å²) in [6.07, 6.45) is 9.84. The molecule has 0 heterocycles. The van der Waals surface area contributed by atoms with E-state index in [1.54, 1.807) is 0 Å². The Labute approximate surface area is 49.5 Å². The number of hydrogen-bond acceptors (Lipinski definition) is 0. The molecule has 0 amide bonds. The molecule has 0 aromatic heterocycles. The van der Waals surface area contributed by atoms with Crippen molar-refractivity contribution in [3.8, 4) is 0 Å². The van der Waals surface area contributed by atoms with Gasteiger partial charge in [-0.2, -0.15) is 0 Å². The van der Waals surface area contributed by atoms with Crippen LogP contribution >= 0.6 is 0 Å². The predicted molar refractivity (Wildman–Crippen MR) is 34.2 cm³/mol. The van der Waals surface area contributed by atoms with Crippen LogP contribution in [0.25, 0.3) is 0 Å². The van der Waals surface area contributed by atoms with Gasteiger partial charge in [-0.25, -0.2) is 0 Å². The third-order valence-electron chi connectivity index (χ3n) is 1.03. The standard InChI is InChI=1S/C8H7/c1-2-8-6-4-3-5-7-8/h3-5H,1,6H2. The summed E-state index contributed by atoms with van der Waals surface area (Å²) in [5.74, 6) is 0. The average Bonchev–Trinajstić information content (AvgIpc) is 1.90. The van der Waals surface area contributed by atoms with Gasteiger partial charge in [-0.1, -0.05) is 24.8 Å². The van der Waals surface area contributed by atoms with Gasteiger partial charge in [0, 0.05) is 5.57 Å². The molecule has 1 aliphatic carbocycles. The Morgan fingerprint density at radius 1 is 1.75 bits per heavy atom. The Bertz CT molecular complexity index is 176. The largest absolute Gasteiger partial charge is 0.124 e. The van der Waals surface area contributed by atoms with Crippen molar-refractivity contribution in [2.75, 3.05) is 0 Å².